The topological polar surface area (TPSA) is 89.3 Å². The standard InChI is InChI=1S/C12H15BrF2N2O3S/c1-3-4-6(2)17-12(18)9-8(14)5-7(13)11(10(9)15)21(16,19)20/h5-6H,3-4H2,1-2H3,(H,17,18)(H2,16,19,20). The van der Waals surface area contributed by atoms with Crippen molar-refractivity contribution in [2.45, 2.75) is 37.6 Å². The molecular formula is C12H15BrF2N2O3S. The van der Waals surface area contributed by atoms with E-state index in [0.29, 0.717) is 12.5 Å². The molecule has 3 N–H and O–H groups in total. The molecule has 1 atom stereocenters. The van der Waals surface area contributed by atoms with Gasteiger partial charge in [0, 0.05) is 10.5 Å². The highest BCUT2D eigenvalue weighted by molar-refractivity contribution is 9.10. The molecule has 0 aliphatic carbocycles. The highest BCUT2D eigenvalue weighted by Crippen LogP contribution is 2.28. The van der Waals surface area contributed by atoms with Crippen molar-refractivity contribution in [3.8, 4) is 0 Å². The summed E-state index contributed by atoms with van der Waals surface area (Å²) in [7, 11) is -4.44. The van der Waals surface area contributed by atoms with E-state index < -0.39 is 38.0 Å². The molecule has 9 heteroatoms. The third-order valence-electron chi connectivity index (χ3n) is 2.74. The third-order valence-corrected chi connectivity index (χ3v) is 4.59. The molecule has 0 bridgehead atoms. The number of carbonyl (C=O) groups is 1. The Morgan fingerprint density at radius 1 is 1.48 bits per heavy atom. The molecule has 1 unspecified atom stereocenters. The van der Waals surface area contributed by atoms with Gasteiger partial charge in [0.25, 0.3) is 5.91 Å². The maximum Gasteiger partial charge on any atom is 0.257 e. The Labute approximate surface area is 130 Å². The molecule has 1 amide bonds. The molecule has 1 rings (SSSR count). The number of amides is 1. The zero-order valence-corrected chi connectivity index (χ0v) is 13.8. The molecule has 0 spiro atoms. The van der Waals surface area contributed by atoms with Crippen LogP contribution in [0.5, 0.6) is 0 Å². The second kappa shape index (κ2) is 6.80. The predicted molar refractivity (Wildman–Crippen MR) is 77.3 cm³/mol. The van der Waals surface area contributed by atoms with Gasteiger partial charge in [-0.05, 0) is 35.3 Å². The van der Waals surface area contributed by atoms with Crippen LogP contribution in [0.2, 0.25) is 0 Å². The Kier molecular flexibility index (Phi) is 5.83. The van der Waals surface area contributed by atoms with Crippen LogP contribution in [-0.2, 0) is 10.0 Å². The van der Waals surface area contributed by atoms with Crippen molar-refractivity contribution in [2.24, 2.45) is 5.14 Å². The van der Waals surface area contributed by atoms with Gasteiger partial charge in [0.2, 0.25) is 10.0 Å². The number of rotatable bonds is 5. The van der Waals surface area contributed by atoms with Crippen molar-refractivity contribution in [3.63, 3.8) is 0 Å². The van der Waals surface area contributed by atoms with Crippen LogP contribution in [0.1, 0.15) is 37.0 Å². The van der Waals surface area contributed by atoms with Crippen molar-refractivity contribution in [1.29, 1.82) is 0 Å². The fourth-order valence-electron chi connectivity index (χ4n) is 1.84. The highest BCUT2D eigenvalue weighted by Gasteiger charge is 2.28. The molecule has 0 aliphatic rings. The number of nitrogens with two attached hydrogens (primary N) is 1. The van der Waals surface area contributed by atoms with Crippen molar-refractivity contribution in [2.75, 3.05) is 0 Å². The molecule has 0 aliphatic heterocycles. The van der Waals surface area contributed by atoms with Crippen molar-refractivity contribution < 1.29 is 22.0 Å². The summed E-state index contributed by atoms with van der Waals surface area (Å²) in [4.78, 5) is 11.0. The molecule has 0 saturated heterocycles. The molecule has 118 valence electrons. The SMILES string of the molecule is CCCC(C)NC(=O)c1c(F)cc(Br)c(S(N)(=O)=O)c1F. The summed E-state index contributed by atoms with van der Waals surface area (Å²) in [5, 5.41) is 7.28. The van der Waals surface area contributed by atoms with Crippen LogP contribution in [-0.4, -0.2) is 20.4 Å². The average Bonchev–Trinajstić information content (AvgIpc) is 2.25. The summed E-state index contributed by atoms with van der Waals surface area (Å²) in [6.45, 7) is 3.57. The van der Waals surface area contributed by atoms with E-state index in [2.05, 4.69) is 21.2 Å². The van der Waals surface area contributed by atoms with Gasteiger partial charge in [0.05, 0.1) is 0 Å². The summed E-state index contributed by atoms with van der Waals surface area (Å²) < 4.78 is 50.3. The number of nitrogens with one attached hydrogen (secondary N) is 1. The fraction of sp³-hybridized carbons (Fsp3) is 0.417. The van der Waals surface area contributed by atoms with Crippen LogP contribution < -0.4 is 10.5 Å². The monoisotopic (exact) mass is 384 g/mol. The zero-order chi connectivity index (χ0) is 16.4. The van der Waals surface area contributed by atoms with Gasteiger partial charge in [-0.3, -0.25) is 4.79 Å². The summed E-state index contributed by atoms with van der Waals surface area (Å²) in [5.74, 6) is -3.71. The van der Waals surface area contributed by atoms with Gasteiger partial charge in [-0.25, -0.2) is 22.3 Å². The Hall–Kier alpha value is -1.06. The average molecular weight is 385 g/mol. The summed E-state index contributed by atoms with van der Waals surface area (Å²) in [5.41, 5.74) is -0.967. The minimum absolute atomic E-state index is 0.303. The number of hydrogen-bond donors (Lipinski definition) is 2. The first-order valence-electron chi connectivity index (χ1n) is 6.10. The predicted octanol–water partition coefficient (Wildman–Crippen LogP) is 2.29. The summed E-state index contributed by atoms with van der Waals surface area (Å²) in [6, 6.07) is 0.394. The van der Waals surface area contributed by atoms with Gasteiger partial charge in [-0.1, -0.05) is 13.3 Å². The van der Waals surface area contributed by atoms with Crippen LogP contribution in [0.25, 0.3) is 0 Å². The smallest absolute Gasteiger partial charge is 0.257 e. The quantitative estimate of drug-likeness (QED) is 0.815. The fourth-order valence-corrected chi connectivity index (χ4v) is 3.58. The minimum Gasteiger partial charge on any atom is -0.349 e. The first-order chi connectivity index (χ1) is 9.59. The van der Waals surface area contributed by atoms with Gasteiger partial charge in [-0.2, -0.15) is 0 Å². The van der Waals surface area contributed by atoms with E-state index in [1.54, 1.807) is 6.92 Å². The van der Waals surface area contributed by atoms with Gasteiger partial charge < -0.3 is 5.32 Å². The van der Waals surface area contributed by atoms with E-state index in [9.17, 15) is 22.0 Å². The normalized spacial score (nSPS) is 13.0. The van der Waals surface area contributed by atoms with E-state index in [1.807, 2.05) is 6.92 Å². The Morgan fingerprint density at radius 3 is 2.52 bits per heavy atom. The van der Waals surface area contributed by atoms with Gasteiger partial charge in [0.15, 0.2) is 5.82 Å². The molecule has 1 aromatic carbocycles. The molecule has 0 radical (unpaired) electrons. The van der Waals surface area contributed by atoms with Crippen LogP contribution in [0.3, 0.4) is 0 Å². The maximum atomic E-state index is 14.2. The third kappa shape index (κ3) is 4.21. The lowest BCUT2D eigenvalue weighted by Gasteiger charge is -2.15. The Morgan fingerprint density at radius 2 is 2.05 bits per heavy atom. The maximum absolute atomic E-state index is 14.2. The summed E-state index contributed by atoms with van der Waals surface area (Å²) >= 11 is 2.72. The number of hydrogen-bond acceptors (Lipinski definition) is 3. The van der Waals surface area contributed by atoms with E-state index >= 15 is 0 Å². The number of primary sulfonamides is 1. The van der Waals surface area contributed by atoms with Crippen molar-refractivity contribution >= 4 is 31.9 Å². The lowest BCUT2D eigenvalue weighted by atomic mass is 10.1. The molecule has 0 saturated carbocycles. The Balaban J connectivity index is 3.34. The molecule has 0 fully saturated rings. The Bertz CT molecular complexity index is 665. The minimum atomic E-state index is -4.44. The van der Waals surface area contributed by atoms with Gasteiger partial charge in [-0.15, -0.1) is 0 Å². The zero-order valence-electron chi connectivity index (χ0n) is 11.4. The van der Waals surface area contributed by atoms with E-state index in [0.717, 1.165) is 6.42 Å². The molecule has 0 heterocycles. The first-order valence-corrected chi connectivity index (χ1v) is 8.44. The van der Waals surface area contributed by atoms with Gasteiger partial charge in [0.1, 0.15) is 16.3 Å². The van der Waals surface area contributed by atoms with E-state index in [1.165, 1.54) is 0 Å². The van der Waals surface area contributed by atoms with Crippen LogP contribution in [0.4, 0.5) is 8.78 Å². The molecule has 0 aromatic heterocycles. The largest absolute Gasteiger partial charge is 0.349 e. The molecular weight excluding hydrogens is 370 g/mol. The summed E-state index contributed by atoms with van der Waals surface area (Å²) in [6.07, 6.45) is 1.39. The number of carbonyl (C=O) groups excluding carboxylic acids is 1. The number of halogens is 3. The lowest BCUT2D eigenvalue weighted by Crippen LogP contribution is -2.34. The number of sulfonamides is 1. The lowest BCUT2D eigenvalue weighted by molar-refractivity contribution is 0.0929. The number of benzene rings is 1. The first kappa shape index (κ1) is 18.0. The second-order valence-corrected chi connectivity index (χ2v) is 6.92. The molecule has 21 heavy (non-hydrogen) atoms. The van der Waals surface area contributed by atoms with Crippen LogP contribution in [0, 0.1) is 11.6 Å². The van der Waals surface area contributed by atoms with E-state index in [-0.39, 0.29) is 10.5 Å². The highest BCUT2D eigenvalue weighted by atomic mass is 79.9. The van der Waals surface area contributed by atoms with Crippen molar-refractivity contribution in [1.82, 2.24) is 5.32 Å². The van der Waals surface area contributed by atoms with E-state index in [4.69, 9.17) is 5.14 Å². The second-order valence-electron chi connectivity index (χ2n) is 4.57. The molecule has 1 aromatic rings. The van der Waals surface area contributed by atoms with Crippen molar-refractivity contribution in [3.05, 3.63) is 27.7 Å². The van der Waals surface area contributed by atoms with Crippen LogP contribution in [0.15, 0.2) is 15.4 Å². The van der Waals surface area contributed by atoms with Gasteiger partial charge >= 0.3 is 0 Å². The molecule has 5 nitrogen and oxygen atoms in total. The van der Waals surface area contributed by atoms with Crippen LogP contribution >= 0.6 is 15.9 Å².